The summed E-state index contributed by atoms with van der Waals surface area (Å²) in [4.78, 5) is 20.0. The molecule has 1 fully saturated rings. The van der Waals surface area contributed by atoms with Crippen molar-refractivity contribution in [3.63, 3.8) is 0 Å². The summed E-state index contributed by atoms with van der Waals surface area (Å²) >= 11 is 15.6. The first-order chi connectivity index (χ1) is 14.1. The average Bonchev–Trinajstić information content (AvgIpc) is 3.30. The number of ether oxygens (including phenoxy) is 1. The molecule has 1 saturated heterocycles. The predicted octanol–water partition coefficient (Wildman–Crippen LogP) is 6.50. The highest BCUT2D eigenvalue weighted by atomic mass is 35.5. The number of nitrogens with zero attached hydrogens (tertiary/aromatic N) is 2. The third-order valence-electron chi connectivity index (χ3n) is 5.08. The number of hydrogen-bond acceptors (Lipinski definition) is 5. The second kappa shape index (κ2) is 7.76. The molecule has 1 aliphatic rings. The van der Waals surface area contributed by atoms with E-state index in [1.54, 1.807) is 0 Å². The Bertz CT molecular complexity index is 1210. The van der Waals surface area contributed by atoms with Crippen molar-refractivity contribution in [1.29, 1.82) is 0 Å². The molecule has 1 amide bonds. The summed E-state index contributed by atoms with van der Waals surface area (Å²) in [6.07, 6.45) is 1.56. The minimum atomic E-state index is 0.00131. The monoisotopic (exact) mass is 462 g/mol. The molecule has 29 heavy (non-hydrogen) atoms. The topological polar surface area (TPSA) is 42.4 Å². The number of rotatable bonds is 3. The van der Waals surface area contributed by atoms with E-state index in [1.807, 2.05) is 47.4 Å². The first-order valence-electron chi connectivity index (χ1n) is 9.28. The number of aromatic nitrogens is 1. The Labute approximate surface area is 185 Å². The quantitative estimate of drug-likeness (QED) is 0.348. The number of halogens is 2. The van der Waals surface area contributed by atoms with E-state index in [1.165, 1.54) is 22.7 Å². The van der Waals surface area contributed by atoms with Crippen LogP contribution in [0.1, 0.15) is 22.5 Å². The van der Waals surface area contributed by atoms with Crippen LogP contribution in [0.3, 0.4) is 0 Å². The molecule has 0 aliphatic carbocycles. The Morgan fingerprint density at radius 2 is 1.79 bits per heavy atom. The molecule has 1 aliphatic heterocycles. The predicted molar refractivity (Wildman–Crippen MR) is 121 cm³/mol. The maximum Gasteiger partial charge on any atom is 0.274 e. The Morgan fingerprint density at radius 1 is 1.03 bits per heavy atom. The summed E-state index contributed by atoms with van der Waals surface area (Å²) < 4.78 is 8.14. The van der Waals surface area contributed by atoms with Crippen molar-refractivity contribution in [2.75, 3.05) is 13.1 Å². The lowest BCUT2D eigenvalue weighted by molar-refractivity contribution is 0.0600. The van der Waals surface area contributed by atoms with Gasteiger partial charge in [0.1, 0.15) is 16.5 Å². The van der Waals surface area contributed by atoms with Crippen LogP contribution in [0.5, 0.6) is 5.19 Å². The number of benzene rings is 2. The third-order valence-corrected chi connectivity index (χ3v) is 7.96. The molecule has 148 valence electrons. The maximum absolute atomic E-state index is 13.0. The molecule has 0 saturated carbocycles. The zero-order valence-electron chi connectivity index (χ0n) is 15.2. The summed E-state index contributed by atoms with van der Waals surface area (Å²) in [5.41, 5.74) is 0.779. The van der Waals surface area contributed by atoms with Gasteiger partial charge in [-0.05, 0) is 18.2 Å². The molecule has 0 unspecified atom stereocenters. The van der Waals surface area contributed by atoms with Crippen molar-refractivity contribution in [3.05, 3.63) is 57.4 Å². The summed E-state index contributed by atoms with van der Waals surface area (Å²) in [6, 6.07) is 13.6. The molecule has 4 aromatic rings. The first-order valence-corrected chi connectivity index (χ1v) is 11.7. The van der Waals surface area contributed by atoms with Crippen LogP contribution >= 0.6 is 45.9 Å². The van der Waals surface area contributed by atoms with Crippen molar-refractivity contribution in [1.82, 2.24) is 9.88 Å². The van der Waals surface area contributed by atoms with E-state index in [0.29, 0.717) is 33.2 Å². The fourth-order valence-electron chi connectivity index (χ4n) is 3.56. The highest BCUT2D eigenvalue weighted by molar-refractivity contribution is 7.21. The molecule has 0 N–H and O–H groups in total. The van der Waals surface area contributed by atoms with Crippen LogP contribution in [0.25, 0.3) is 20.3 Å². The van der Waals surface area contributed by atoms with Crippen LogP contribution in [0.2, 0.25) is 10.0 Å². The summed E-state index contributed by atoms with van der Waals surface area (Å²) in [5, 5.41) is 2.76. The number of carbonyl (C=O) groups is 1. The molecular weight excluding hydrogens is 447 g/mol. The standard InChI is InChI=1S/C21H16Cl2N2O2S2/c22-14-5-3-7-16-18(14)24-21(29-16)27-12-8-10-25(11-9-12)20(26)19-17(23)13-4-1-2-6-15(13)28-19/h1-7,12H,8-11H2. The lowest BCUT2D eigenvalue weighted by Gasteiger charge is -2.31. The van der Waals surface area contributed by atoms with E-state index < -0.39 is 0 Å². The lowest BCUT2D eigenvalue weighted by atomic mass is 10.1. The van der Waals surface area contributed by atoms with Crippen LogP contribution < -0.4 is 4.74 Å². The number of amides is 1. The SMILES string of the molecule is O=C(c1sc2ccccc2c1Cl)N1CCC(Oc2nc3c(Cl)cccc3s2)CC1. The van der Waals surface area contributed by atoms with Crippen molar-refractivity contribution in [2.24, 2.45) is 0 Å². The van der Waals surface area contributed by atoms with E-state index in [2.05, 4.69) is 4.98 Å². The van der Waals surface area contributed by atoms with Crippen LogP contribution in [-0.4, -0.2) is 35.0 Å². The van der Waals surface area contributed by atoms with E-state index in [-0.39, 0.29) is 12.0 Å². The molecule has 0 radical (unpaired) electrons. The third kappa shape index (κ3) is 3.59. The molecule has 2 aromatic carbocycles. The van der Waals surface area contributed by atoms with Crippen LogP contribution in [-0.2, 0) is 0 Å². The molecule has 0 bridgehead atoms. The van der Waals surface area contributed by atoms with Gasteiger partial charge in [0.2, 0.25) is 0 Å². The Hall–Kier alpha value is -1.86. The Balaban J connectivity index is 1.26. The highest BCUT2D eigenvalue weighted by Crippen LogP contribution is 2.37. The first kappa shape index (κ1) is 19.1. The van der Waals surface area contributed by atoms with Gasteiger partial charge in [0, 0.05) is 36.0 Å². The molecular formula is C21H16Cl2N2O2S2. The lowest BCUT2D eigenvalue weighted by Crippen LogP contribution is -2.41. The Morgan fingerprint density at radius 3 is 2.55 bits per heavy atom. The molecule has 5 rings (SSSR count). The van der Waals surface area contributed by atoms with Crippen LogP contribution in [0, 0.1) is 0 Å². The summed E-state index contributed by atoms with van der Waals surface area (Å²) in [6.45, 7) is 1.28. The van der Waals surface area contributed by atoms with E-state index in [4.69, 9.17) is 27.9 Å². The minimum Gasteiger partial charge on any atom is -0.467 e. The fraction of sp³-hybridized carbons (Fsp3) is 0.238. The van der Waals surface area contributed by atoms with Crippen LogP contribution in [0.4, 0.5) is 0 Å². The summed E-state index contributed by atoms with van der Waals surface area (Å²) in [7, 11) is 0. The van der Waals surface area contributed by atoms with Gasteiger partial charge in [-0.1, -0.05) is 58.8 Å². The molecule has 2 aromatic heterocycles. The highest BCUT2D eigenvalue weighted by Gasteiger charge is 2.28. The molecule has 4 nitrogen and oxygen atoms in total. The second-order valence-corrected chi connectivity index (χ2v) is 9.75. The van der Waals surface area contributed by atoms with Gasteiger partial charge in [-0.15, -0.1) is 11.3 Å². The van der Waals surface area contributed by atoms with Gasteiger partial charge in [0.25, 0.3) is 11.1 Å². The van der Waals surface area contributed by atoms with Crippen molar-refractivity contribution < 1.29 is 9.53 Å². The van der Waals surface area contributed by atoms with Crippen molar-refractivity contribution >= 4 is 72.1 Å². The number of fused-ring (bicyclic) bond motifs is 2. The summed E-state index contributed by atoms with van der Waals surface area (Å²) in [5.74, 6) is 0.00131. The van der Waals surface area contributed by atoms with E-state index in [0.717, 1.165) is 33.1 Å². The molecule has 0 atom stereocenters. The minimum absolute atomic E-state index is 0.00131. The number of carbonyl (C=O) groups excluding carboxylic acids is 1. The van der Waals surface area contributed by atoms with Crippen molar-refractivity contribution in [3.8, 4) is 5.19 Å². The second-order valence-electron chi connectivity index (χ2n) is 6.92. The number of piperidine rings is 1. The Kier molecular flexibility index (Phi) is 5.12. The van der Waals surface area contributed by atoms with Gasteiger partial charge >= 0.3 is 0 Å². The number of thiazole rings is 1. The molecule has 3 heterocycles. The van der Waals surface area contributed by atoms with Gasteiger partial charge in [-0.3, -0.25) is 4.79 Å². The number of likely N-dealkylation sites (tertiary alicyclic amines) is 1. The smallest absolute Gasteiger partial charge is 0.274 e. The van der Waals surface area contributed by atoms with Crippen LogP contribution in [0.15, 0.2) is 42.5 Å². The number of para-hydroxylation sites is 1. The fourth-order valence-corrected chi connectivity index (χ4v) is 6.22. The largest absolute Gasteiger partial charge is 0.467 e. The molecule has 8 heteroatoms. The van der Waals surface area contributed by atoms with Gasteiger partial charge in [-0.2, -0.15) is 0 Å². The average molecular weight is 463 g/mol. The number of hydrogen-bond donors (Lipinski definition) is 0. The van der Waals surface area contributed by atoms with E-state index in [9.17, 15) is 4.79 Å². The van der Waals surface area contributed by atoms with Gasteiger partial charge in [-0.25, -0.2) is 4.98 Å². The van der Waals surface area contributed by atoms with E-state index >= 15 is 0 Å². The van der Waals surface area contributed by atoms with Gasteiger partial charge < -0.3 is 9.64 Å². The zero-order valence-corrected chi connectivity index (χ0v) is 18.4. The molecule has 0 spiro atoms. The van der Waals surface area contributed by atoms with Gasteiger partial charge in [0.05, 0.1) is 14.7 Å². The number of thiophene rings is 1. The normalized spacial score (nSPS) is 15.3. The maximum atomic E-state index is 13.0. The van der Waals surface area contributed by atoms with Crippen molar-refractivity contribution in [2.45, 2.75) is 18.9 Å². The van der Waals surface area contributed by atoms with Gasteiger partial charge in [0.15, 0.2) is 0 Å². The zero-order chi connectivity index (χ0) is 20.0.